The van der Waals surface area contributed by atoms with E-state index in [0.29, 0.717) is 11.7 Å². The van der Waals surface area contributed by atoms with Crippen molar-refractivity contribution in [3.8, 4) is 5.69 Å². The molecule has 1 aromatic carbocycles. The molecule has 0 atom stereocenters. The highest BCUT2D eigenvalue weighted by Gasteiger charge is 2.31. The van der Waals surface area contributed by atoms with Crippen LogP contribution in [0.25, 0.3) is 5.69 Å². The number of anilines is 1. The van der Waals surface area contributed by atoms with Gasteiger partial charge in [-0.3, -0.25) is 0 Å². The van der Waals surface area contributed by atoms with Crippen LogP contribution in [0, 0.1) is 0 Å². The third-order valence-electron chi connectivity index (χ3n) is 3.26. The van der Waals surface area contributed by atoms with Crippen LogP contribution in [0.4, 0.5) is 5.82 Å². The van der Waals surface area contributed by atoms with Gasteiger partial charge in [-0.2, -0.15) is 0 Å². The lowest BCUT2D eigenvalue weighted by atomic mass is 10.1. The van der Waals surface area contributed by atoms with E-state index in [1.54, 1.807) is 0 Å². The Bertz CT molecular complexity index is 540. The number of aromatic nitrogens is 3. The van der Waals surface area contributed by atoms with Crippen molar-refractivity contribution in [2.45, 2.75) is 32.1 Å². The number of nitrogen functional groups attached to an aromatic ring is 1. The lowest BCUT2D eigenvalue weighted by Gasteiger charge is -2.07. The van der Waals surface area contributed by atoms with Gasteiger partial charge in [-0.05, 0) is 37.0 Å². The number of nitrogens with zero attached hydrogens (tertiary/aromatic N) is 3. The van der Waals surface area contributed by atoms with E-state index < -0.39 is 0 Å². The summed E-state index contributed by atoms with van der Waals surface area (Å²) in [5.41, 5.74) is 9.35. The smallest absolute Gasteiger partial charge is 0.169 e. The summed E-state index contributed by atoms with van der Waals surface area (Å²) in [6.07, 6.45) is 3.42. The van der Waals surface area contributed by atoms with Crippen LogP contribution in [0.5, 0.6) is 0 Å². The molecule has 0 saturated heterocycles. The zero-order valence-corrected chi connectivity index (χ0v) is 9.93. The predicted molar refractivity (Wildman–Crippen MR) is 67.1 cm³/mol. The molecule has 1 heterocycles. The topological polar surface area (TPSA) is 56.7 Å². The monoisotopic (exact) mass is 228 g/mol. The highest BCUT2D eigenvalue weighted by Crippen LogP contribution is 2.42. The SMILES string of the molecule is CCc1cccc(-n2nnc(N)c2C2CC2)c1. The van der Waals surface area contributed by atoms with E-state index in [1.165, 1.54) is 18.4 Å². The van der Waals surface area contributed by atoms with Crippen LogP contribution in [0.1, 0.15) is 36.9 Å². The van der Waals surface area contributed by atoms with Gasteiger partial charge in [0.2, 0.25) is 0 Å². The number of aryl methyl sites for hydroxylation is 1. The summed E-state index contributed by atoms with van der Waals surface area (Å²) in [6, 6.07) is 8.39. The highest BCUT2D eigenvalue weighted by atomic mass is 15.4. The van der Waals surface area contributed by atoms with Crippen molar-refractivity contribution in [3.05, 3.63) is 35.5 Å². The third-order valence-corrected chi connectivity index (χ3v) is 3.26. The predicted octanol–water partition coefficient (Wildman–Crippen LogP) is 2.29. The van der Waals surface area contributed by atoms with E-state index in [4.69, 9.17) is 5.73 Å². The molecular weight excluding hydrogens is 212 g/mol. The van der Waals surface area contributed by atoms with Gasteiger partial charge in [0.25, 0.3) is 0 Å². The van der Waals surface area contributed by atoms with Crippen molar-refractivity contribution in [1.82, 2.24) is 15.0 Å². The number of benzene rings is 1. The van der Waals surface area contributed by atoms with E-state index >= 15 is 0 Å². The number of rotatable bonds is 3. The molecule has 4 heteroatoms. The molecule has 0 radical (unpaired) electrons. The molecule has 3 rings (SSSR count). The summed E-state index contributed by atoms with van der Waals surface area (Å²) in [4.78, 5) is 0. The minimum absolute atomic E-state index is 0.551. The summed E-state index contributed by atoms with van der Waals surface area (Å²) in [5.74, 6) is 1.13. The fourth-order valence-electron chi connectivity index (χ4n) is 2.14. The maximum atomic E-state index is 5.90. The fraction of sp³-hybridized carbons (Fsp3) is 0.385. The molecule has 88 valence electrons. The molecule has 1 aliphatic rings. The van der Waals surface area contributed by atoms with E-state index in [9.17, 15) is 0 Å². The van der Waals surface area contributed by atoms with Crippen LogP contribution in [0.3, 0.4) is 0 Å². The summed E-state index contributed by atoms with van der Waals surface area (Å²) in [7, 11) is 0. The van der Waals surface area contributed by atoms with Crippen LogP contribution < -0.4 is 5.73 Å². The molecule has 0 amide bonds. The molecule has 0 aliphatic heterocycles. The molecule has 1 aliphatic carbocycles. The first-order chi connectivity index (χ1) is 8.29. The lowest BCUT2D eigenvalue weighted by Crippen LogP contribution is -2.03. The zero-order chi connectivity index (χ0) is 11.8. The standard InChI is InChI=1S/C13H16N4/c1-2-9-4-3-5-11(8-9)17-12(10-6-7-10)13(14)15-16-17/h3-5,8,10H,2,6-7,14H2,1H3. The average molecular weight is 228 g/mol. The van der Waals surface area contributed by atoms with Gasteiger partial charge in [-0.1, -0.05) is 24.3 Å². The van der Waals surface area contributed by atoms with Crippen molar-refractivity contribution < 1.29 is 0 Å². The second kappa shape index (κ2) is 3.87. The van der Waals surface area contributed by atoms with Crippen molar-refractivity contribution in [1.29, 1.82) is 0 Å². The Morgan fingerprint density at radius 1 is 1.41 bits per heavy atom. The fourth-order valence-corrected chi connectivity index (χ4v) is 2.14. The zero-order valence-electron chi connectivity index (χ0n) is 9.93. The van der Waals surface area contributed by atoms with Gasteiger partial charge in [-0.15, -0.1) is 5.10 Å². The molecule has 2 N–H and O–H groups in total. The first kappa shape index (κ1) is 10.3. The molecule has 1 aromatic heterocycles. The Morgan fingerprint density at radius 3 is 2.94 bits per heavy atom. The normalized spacial score (nSPS) is 15.1. The van der Waals surface area contributed by atoms with Gasteiger partial charge in [0.05, 0.1) is 11.4 Å². The molecule has 0 bridgehead atoms. The number of hydrogen-bond acceptors (Lipinski definition) is 3. The van der Waals surface area contributed by atoms with Gasteiger partial charge >= 0.3 is 0 Å². The Morgan fingerprint density at radius 2 is 2.24 bits per heavy atom. The van der Waals surface area contributed by atoms with Crippen LogP contribution >= 0.6 is 0 Å². The number of nitrogens with two attached hydrogens (primary N) is 1. The number of hydrogen-bond donors (Lipinski definition) is 1. The molecule has 1 fully saturated rings. The molecular formula is C13H16N4. The summed E-state index contributed by atoms with van der Waals surface area (Å²) in [6.45, 7) is 2.15. The summed E-state index contributed by atoms with van der Waals surface area (Å²) < 4.78 is 1.90. The van der Waals surface area contributed by atoms with E-state index in [1.807, 2.05) is 4.68 Å². The maximum absolute atomic E-state index is 5.90. The largest absolute Gasteiger partial charge is 0.381 e. The van der Waals surface area contributed by atoms with Gasteiger partial charge < -0.3 is 5.73 Å². The highest BCUT2D eigenvalue weighted by molar-refractivity contribution is 5.45. The maximum Gasteiger partial charge on any atom is 0.169 e. The second-order valence-electron chi connectivity index (χ2n) is 4.57. The Hall–Kier alpha value is -1.84. The minimum atomic E-state index is 0.551. The third kappa shape index (κ3) is 1.79. The van der Waals surface area contributed by atoms with Crippen molar-refractivity contribution >= 4 is 5.82 Å². The van der Waals surface area contributed by atoms with Gasteiger partial charge in [0.1, 0.15) is 0 Å². The lowest BCUT2D eigenvalue weighted by molar-refractivity contribution is 0.762. The summed E-state index contributed by atoms with van der Waals surface area (Å²) >= 11 is 0. The Balaban J connectivity index is 2.08. The minimum Gasteiger partial charge on any atom is -0.381 e. The first-order valence-corrected chi connectivity index (χ1v) is 6.10. The van der Waals surface area contributed by atoms with E-state index in [-0.39, 0.29) is 0 Å². The van der Waals surface area contributed by atoms with Crippen molar-refractivity contribution in [3.63, 3.8) is 0 Å². The van der Waals surface area contributed by atoms with E-state index in [2.05, 4.69) is 41.5 Å². The molecule has 1 saturated carbocycles. The van der Waals surface area contributed by atoms with Crippen LogP contribution in [-0.4, -0.2) is 15.0 Å². The quantitative estimate of drug-likeness (QED) is 0.876. The summed E-state index contributed by atoms with van der Waals surface area (Å²) in [5, 5.41) is 8.16. The van der Waals surface area contributed by atoms with Gasteiger partial charge in [0.15, 0.2) is 5.82 Å². The molecule has 17 heavy (non-hydrogen) atoms. The molecule has 0 spiro atoms. The van der Waals surface area contributed by atoms with Crippen LogP contribution in [0.15, 0.2) is 24.3 Å². The Labute approximate surface area is 100 Å². The molecule has 4 nitrogen and oxygen atoms in total. The van der Waals surface area contributed by atoms with E-state index in [0.717, 1.165) is 17.8 Å². The van der Waals surface area contributed by atoms with Crippen LogP contribution in [0.2, 0.25) is 0 Å². The first-order valence-electron chi connectivity index (χ1n) is 6.10. The van der Waals surface area contributed by atoms with Gasteiger partial charge in [0, 0.05) is 5.92 Å². The average Bonchev–Trinajstić information content (AvgIpc) is 3.12. The molecule has 2 aromatic rings. The van der Waals surface area contributed by atoms with Crippen LogP contribution in [-0.2, 0) is 6.42 Å². The Kier molecular flexibility index (Phi) is 2.35. The van der Waals surface area contributed by atoms with Gasteiger partial charge in [-0.25, -0.2) is 4.68 Å². The molecule has 0 unspecified atom stereocenters. The second-order valence-corrected chi connectivity index (χ2v) is 4.57. The van der Waals surface area contributed by atoms with Crippen molar-refractivity contribution in [2.24, 2.45) is 0 Å². The van der Waals surface area contributed by atoms with Crippen molar-refractivity contribution in [2.75, 3.05) is 5.73 Å².